The molecule has 1 amide bonds. The number of pyridine rings is 1. The molecule has 0 aliphatic heterocycles. The summed E-state index contributed by atoms with van der Waals surface area (Å²) in [6.07, 6.45) is 0.646. The van der Waals surface area contributed by atoms with E-state index in [0.717, 1.165) is 0 Å². The number of hydrogen-bond donors (Lipinski definition) is 3. The smallest absolute Gasteiger partial charge is 0.248 e. The van der Waals surface area contributed by atoms with Crippen molar-refractivity contribution in [3.05, 3.63) is 29.1 Å². The van der Waals surface area contributed by atoms with E-state index in [-0.39, 0.29) is 18.1 Å². The molecule has 0 aromatic carbocycles. The monoisotopic (exact) mass is 243 g/mol. The molecule has 0 radical (unpaired) electrons. The second-order valence-corrected chi connectivity index (χ2v) is 3.09. The molecule has 1 rings (SSSR count). The van der Waals surface area contributed by atoms with Crippen molar-refractivity contribution in [2.75, 3.05) is 6.61 Å². The lowest BCUT2D eigenvalue weighted by Gasteiger charge is -2.05. The van der Waals surface area contributed by atoms with Gasteiger partial charge < -0.3 is 16.2 Å². The summed E-state index contributed by atoms with van der Waals surface area (Å²) in [6.45, 7) is 1.48. The van der Waals surface area contributed by atoms with Crippen LogP contribution in [-0.2, 0) is 6.42 Å². The van der Waals surface area contributed by atoms with Gasteiger partial charge in [-0.25, -0.2) is 0 Å². The molecule has 0 aliphatic carbocycles. The van der Waals surface area contributed by atoms with Crippen LogP contribution in [0.25, 0.3) is 0 Å². The number of aliphatic hydroxyl groups is 1. The molecule has 0 bridgehead atoms. The number of primary amides is 1. The molecule has 88 valence electrons. The summed E-state index contributed by atoms with van der Waals surface area (Å²) >= 11 is 0. The maximum Gasteiger partial charge on any atom is 0.248 e. The van der Waals surface area contributed by atoms with Crippen LogP contribution in [0.2, 0.25) is 0 Å². The van der Waals surface area contributed by atoms with E-state index in [9.17, 15) is 4.79 Å². The van der Waals surface area contributed by atoms with E-state index in [0.29, 0.717) is 23.4 Å². The van der Waals surface area contributed by atoms with Crippen molar-refractivity contribution < 1.29 is 9.90 Å². The summed E-state index contributed by atoms with van der Waals surface area (Å²) in [7, 11) is 0. The minimum atomic E-state index is -0.556. The van der Waals surface area contributed by atoms with Crippen molar-refractivity contribution in [1.82, 2.24) is 4.98 Å². The first-order chi connectivity index (χ1) is 7.08. The molecular formula is C10H14ClN3O2. The highest BCUT2D eigenvalue weighted by molar-refractivity contribution is 6.00. The number of aromatic nitrogens is 1. The standard InChI is InChI=1S/C10H13N3O2.ClH/c1-2-7-3-6(10(12)15)4-9(13-7)8(11)5-14;/h3-4,11,14H,2,5H2,1H3,(H2,12,15);1H. The molecule has 5 nitrogen and oxygen atoms in total. The van der Waals surface area contributed by atoms with Crippen molar-refractivity contribution in [2.45, 2.75) is 13.3 Å². The molecule has 4 N–H and O–H groups in total. The quantitative estimate of drug-likeness (QED) is 0.673. The van der Waals surface area contributed by atoms with E-state index in [4.69, 9.17) is 16.2 Å². The minimum Gasteiger partial charge on any atom is -0.390 e. The third kappa shape index (κ3) is 3.29. The van der Waals surface area contributed by atoms with E-state index < -0.39 is 12.5 Å². The van der Waals surface area contributed by atoms with E-state index in [2.05, 4.69) is 4.98 Å². The molecule has 0 atom stereocenters. The van der Waals surface area contributed by atoms with Gasteiger partial charge in [0.1, 0.15) is 0 Å². The van der Waals surface area contributed by atoms with E-state index >= 15 is 0 Å². The van der Waals surface area contributed by atoms with Gasteiger partial charge in [-0.3, -0.25) is 9.78 Å². The van der Waals surface area contributed by atoms with Crippen LogP contribution >= 0.6 is 12.4 Å². The molecule has 0 spiro atoms. The molecule has 0 aliphatic rings. The van der Waals surface area contributed by atoms with E-state index in [1.165, 1.54) is 6.07 Å². The van der Waals surface area contributed by atoms with Gasteiger partial charge in [-0.05, 0) is 18.6 Å². The number of nitrogens with one attached hydrogen (secondary N) is 1. The molecule has 0 saturated heterocycles. The summed E-state index contributed by atoms with van der Waals surface area (Å²) in [5.74, 6) is -0.556. The molecule has 1 heterocycles. The Morgan fingerprint density at radius 1 is 1.56 bits per heavy atom. The maximum absolute atomic E-state index is 11.0. The number of aryl methyl sites for hydroxylation is 1. The highest BCUT2D eigenvalue weighted by Gasteiger charge is 2.08. The van der Waals surface area contributed by atoms with Gasteiger partial charge in [0, 0.05) is 11.3 Å². The SMILES string of the molecule is CCc1cc(C(N)=O)cc(C(=N)CO)n1.Cl. The van der Waals surface area contributed by atoms with Gasteiger partial charge in [-0.15, -0.1) is 12.4 Å². The second-order valence-electron chi connectivity index (χ2n) is 3.09. The minimum absolute atomic E-state index is 0. The molecule has 6 heteroatoms. The van der Waals surface area contributed by atoms with E-state index in [1.807, 2.05) is 6.92 Å². The number of carbonyl (C=O) groups excluding carboxylic acids is 1. The number of nitrogens with two attached hydrogens (primary N) is 1. The Kier molecular flexibility index (Phi) is 5.63. The Balaban J connectivity index is 0.00000225. The van der Waals surface area contributed by atoms with Crippen LogP contribution in [-0.4, -0.2) is 28.3 Å². The summed E-state index contributed by atoms with van der Waals surface area (Å²) in [5.41, 5.74) is 6.42. The Hall–Kier alpha value is -1.46. The Labute approximate surface area is 99.6 Å². The zero-order valence-electron chi connectivity index (χ0n) is 8.86. The van der Waals surface area contributed by atoms with E-state index in [1.54, 1.807) is 6.07 Å². The molecule has 0 unspecified atom stereocenters. The van der Waals surface area contributed by atoms with Crippen molar-refractivity contribution >= 4 is 24.0 Å². The third-order valence-corrected chi connectivity index (χ3v) is 1.99. The lowest BCUT2D eigenvalue weighted by atomic mass is 10.1. The van der Waals surface area contributed by atoms with Crippen molar-refractivity contribution in [2.24, 2.45) is 5.73 Å². The lowest BCUT2D eigenvalue weighted by Crippen LogP contribution is -2.15. The topological polar surface area (TPSA) is 100 Å². The van der Waals surface area contributed by atoms with Gasteiger partial charge in [0.25, 0.3) is 0 Å². The lowest BCUT2D eigenvalue weighted by molar-refractivity contribution is 0.1000. The fraction of sp³-hybridized carbons (Fsp3) is 0.300. The number of aliphatic hydroxyl groups excluding tert-OH is 1. The number of amides is 1. The van der Waals surface area contributed by atoms with Gasteiger partial charge >= 0.3 is 0 Å². The molecule has 1 aromatic heterocycles. The van der Waals surface area contributed by atoms with Gasteiger partial charge in [-0.1, -0.05) is 6.92 Å². The summed E-state index contributed by atoms with van der Waals surface area (Å²) in [5, 5.41) is 16.2. The number of nitrogens with zero attached hydrogens (tertiary/aromatic N) is 1. The predicted octanol–water partition coefficient (Wildman–Crippen LogP) is 0.525. The molecule has 0 fully saturated rings. The largest absolute Gasteiger partial charge is 0.390 e. The number of carbonyl (C=O) groups is 1. The Morgan fingerprint density at radius 3 is 2.62 bits per heavy atom. The zero-order valence-corrected chi connectivity index (χ0v) is 9.67. The van der Waals surface area contributed by atoms with Crippen LogP contribution in [0.3, 0.4) is 0 Å². The van der Waals surface area contributed by atoms with Crippen molar-refractivity contribution in [1.29, 1.82) is 5.41 Å². The summed E-state index contributed by atoms with van der Waals surface area (Å²) in [6, 6.07) is 3.01. The normalized spacial score (nSPS) is 9.38. The van der Waals surface area contributed by atoms with Crippen molar-refractivity contribution in [3.63, 3.8) is 0 Å². The maximum atomic E-state index is 11.0. The Morgan fingerprint density at radius 2 is 2.19 bits per heavy atom. The highest BCUT2D eigenvalue weighted by Crippen LogP contribution is 2.07. The van der Waals surface area contributed by atoms with Crippen LogP contribution in [0.1, 0.15) is 28.7 Å². The summed E-state index contributed by atoms with van der Waals surface area (Å²) in [4.78, 5) is 15.1. The first-order valence-corrected chi connectivity index (χ1v) is 4.58. The Bertz CT molecular complexity index is 407. The van der Waals surface area contributed by atoms with Gasteiger partial charge in [0.2, 0.25) is 5.91 Å². The zero-order chi connectivity index (χ0) is 11.4. The highest BCUT2D eigenvalue weighted by atomic mass is 35.5. The molecule has 16 heavy (non-hydrogen) atoms. The average molecular weight is 244 g/mol. The van der Waals surface area contributed by atoms with Crippen LogP contribution in [0.5, 0.6) is 0 Å². The molecule has 0 saturated carbocycles. The van der Waals surface area contributed by atoms with Gasteiger partial charge in [-0.2, -0.15) is 0 Å². The van der Waals surface area contributed by atoms with Gasteiger partial charge in [0.05, 0.1) is 18.0 Å². The first-order valence-electron chi connectivity index (χ1n) is 4.58. The molecule has 1 aromatic rings. The number of halogens is 1. The first kappa shape index (κ1) is 14.5. The molecular weight excluding hydrogens is 230 g/mol. The average Bonchev–Trinajstić information content (AvgIpc) is 2.27. The fourth-order valence-corrected chi connectivity index (χ4v) is 1.15. The number of hydrogen-bond acceptors (Lipinski definition) is 4. The predicted molar refractivity (Wildman–Crippen MR) is 63.3 cm³/mol. The third-order valence-electron chi connectivity index (χ3n) is 1.99. The van der Waals surface area contributed by atoms with Gasteiger partial charge in [0.15, 0.2) is 0 Å². The summed E-state index contributed by atoms with van der Waals surface area (Å²) < 4.78 is 0. The van der Waals surface area contributed by atoms with Crippen LogP contribution in [0.4, 0.5) is 0 Å². The van der Waals surface area contributed by atoms with Crippen LogP contribution in [0, 0.1) is 5.41 Å². The van der Waals surface area contributed by atoms with Crippen LogP contribution < -0.4 is 5.73 Å². The van der Waals surface area contributed by atoms with Crippen molar-refractivity contribution in [3.8, 4) is 0 Å². The fourth-order valence-electron chi connectivity index (χ4n) is 1.15. The number of rotatable bonds is 4. The van der Waals surface area contributed by atoms with Crippen LogP contribution in [0.15, 0.2) is 12.1 Å². The second kappa shape index (κ2) is 6.19.